The number of methoxy groups -OCH3 is 2. The Labute approximate surface area is 128 Å². The van der Waals surface area contributed by atoms with Crippen molar-refractivity contribution in [3.63, 3.8) is 0 Å². The summed E-state index contributed by atoms with van der Waals surface area (Å²) in [4.78, 5) is 0. The molecule has 1 N–H and O–H groups in total. The van der Waals surface area contributed by atoms with Gasteiger partial charge in [-0.2, -0.15) is 0 Å². The van der Waals surface area contributed by atoms with E-state index in [-0.39, 0.29) is 6.04 Å². The number of rotatable bonds is 5. The van der Waals surface area contributed by atoms with Crippen LogP contribution in [0.5, 0.6) is 11.5 Å². The Morgan fingerprint density at radius 2 is 1.80 bits per heavy atom. The minimum atomic E-state index is 0.0961. The van der Waals surface area contributed by atoms with Crippen molar-refractivity contribution in [2.75, 3.05) is 19.5 Å². The fraction of sp³-hybridized carbons (Fsp3) is 0.250. The van der Waals surface area contributed by atoms with E-state index in [9.17, 15) is 0 Å². The zero-order valence-corrected chi connectivity index (χ0v) is 13.4. The lowest BCUT2D eigenvalue weighted by molar-refractivity contribution is 0.397. The molecule has 0 bridgehead atoms. The number of hydrogen-bond donors (Lipinski definition) is 1. The van der Waals surface area contributed by atoms with Crippen LogP contribution in [0.1, 0.15) is 18.5 Å². The van der Waals surface area contributed by atoms with Crippen LogP contribution in [0.3, 0.4) is 0 Å². The maximum Gasteiger partial charge on any atom is 0.124 e. The number of hydrogen-bond acceptors (Lipinski definition) is 3. The molecule has 0 spiro atoms. The van der Waals surface area contributed by atoms with Gasteiger partial charge in [-0.1, -0.05) is 12.1 Å². The third kappa shape index (κ3) is 3.25. The first-order chi connectivity index (χ1) is 9.65. The van der Waals surface area contributed by atoms with Crippen molar-refractivity contribution >= 4 is 21.6 Å². The summed E-state index contributed by atoms with van der Waals surface area (Å²) >= 11 is 3.54. The first-order valence-corrected chi connectivity index (χ1v) is 7.18. The minimum Gasteiger partial charge on any atom is -0.497 e. The second-order valence-corrected chi connectivity index (χ2v) is 5.31. The lowest BCUT2D eigenvalue weighted by atomic mass is 10.1. The van der Waals surface area contributed by atoms with Crippen molar-refractivity contribution in [3.05, 3.63) is 52.5 Å². The molecule has 4 heteroatoms. The maximum atomic E-state index is 5.43. The molecule has 2 rings (SSSR count). The summed E-state index contributed by atoms with van der Waals surface area (Å²) in [6, 6.07) is 14.0. The fourth-order valence-corrected chi connectivity index (χ4v) is 2.47. The molecule has 3 nitrogen and oxygen atoms in total. The average Bonchev–Trinajstić information content (AvgIpc) is 2.48. The molecule has 0 saturated carbocycles. The van der Waals surface area contributed by atoms with Gasteiger partial charge < -0.3 is 14.8 Å². The van der Waals surface area contributed by atoms with E-state index in [1.54, 1.807) is 14.2 Å². The second-order valence-electron chi connectivity index (χ2n) is 4.45. The highest BCUT2D eigenvalue weighted by Crippen LogP contribution is 2.32. The van der Waals surface area contributed by atoms with Crippen LogP contribution in [-0.4, -0.2) is 14.2 Å². The quantitative estimate of drug-likeness (QED) is 0.863. The largest absolute Gasteiger partial charge is 0.497 e. The molecule has 0 aliphatic heterocycles. The van der Waals surface area contributed by atoms with Gasteiger partial charge >= 0.3 is 0 Å². The third-order valence-corrected chi connectivity index (χ3v) is 3.84. The Bertz CT molecular complexity index is 586. The number of ether oxygens (including phenoxy) is 2. The number of anilines is 1. The van der Waals surface area contributed by atoms with Gasteiger partial charge in [0.1, 0.15) is 11.5 Å². The molecule has 0 aliphatic rings. The number of benzene rings is 2. The van der Waals surface area contributed by atoms with Crippen LogP contribution in [0.2, 0.25) is 0 Å². The summed E-state index contributed by atoms with van der Waals surface area (Å²) in [6.45, 7) is 2.09. The average molecular weight is 336 g/mol. The SMILES string of the molecule is COc1ccc(OC)c(C(C)Nc2ccccc2Br)c1. The molecule has 0 fully saturated rings. The molecule has 1 atom stereocenters. The van der Waals surface area contributed by atoms with E-state index in [2.05, 4.69) is 28.2 Å². The summed E-state index contributed by atoms with van der Waals surface area (Å²) in [5, 5.41) is 3.47. The van der Waals surface area contributed by atoms with Crippen LogP contribution in [0, 0.1) is 0 Å². The zero-order chi connectivity index (χ0) is 14.5. The van der Waals surface area contributed by atoms with Gasteiger partial charge in [0.05, 0.1) is 20.3 Å². The van der Waals surface area contributed by atoms with Gasteiger partial charge in [-0.25, -0.2) is 0 Å². The molecular weight excluding hydrogens is 318 g/mol. The molecule has 106 valence electrons. The van der Waals surface area contributed by atoms with Crippen LogP contribution in [0.15, 0.2) is 46.9 Å². The lowest BCUT2D eigenvalue weighted by Crippen LogP contribution is -2.08. The predicted octanol–water partition coefficient (Wildman–Crippen LogP) is 4.64. The second kappa shape index (κ2) is 6.66. The van der Waals surface area contributed by atoms with Crippen molar-refractivity contribution in [3.8, 4) is 11.5 Å². The highest BCUT2D eigenvalue weighted by atomic mass is 79.9. The van der Waals surface area contributed by atoms with E-state index in [4.69, 9.17) is 9.47 Å². The zero-order valence-electron chi connectivity index (χ0n) is 11.8. The monoisotopic (exact) mass is 335 g/mol. The van der Waals surface area contributed by atoms with E-state index in [1.165, 1.54) is 0 Å². The van der Waals surface area contributed by atoms with Gasteiger partial charge in [0.15, 0.2) is 0 Å². The minimum absolute atomic E-state index is 0.0961. The first kappa shape index (κ1) is 14.7. The number of halogens is 1. The van der Waals surface area contributed by atoms with E-state index in [1.807, 2.05) is 42.5 Å². The normalized spacial score (nSPS) is 11.8. The Hall–Kier alpha value is -1.68. The number of nitrogens with one attached hydrogen (secondary N) is 1. The first-order valence-electron chi connectivity index (χ1n) is 6.38. The Balaban J connectivity index is 2.28. The molecule has 0 aromatic heterocycles. The van der Waals surface area contributed by atoms with Crippen molar-refractivity contribution < 1.29 is 9.47 Å². The van der Waals surface area contributed by atoms with Crippen LogP contribution in [0.4, 0.5) is 5.69 Å². The van der Waals surface area contributed by atoms with Crippen LogP contribution in [0.25, 0.3) is 0 Å². The van der Waals surface area contributed by atoms with E-state index in [0.717, 1.165) is 27.2 Å². The molecule has 20 heavy (non-hydrogen) atoms. The molecule has 0 heterocycles. The molecule has 0 saturated heterocycles. The molecular formula is C16H18BrNO2. The van der Waals surface area contributed by atoms with E-state index >= 15 is 0 Å². The van der Waals surface area contributed by atoms with E-state index in [0.29, 0.717) is 0 Å². The summed E-state index contributed by atoms with van der Waals surface area (Å²) in [5.41, 5.74) is 2.10. The van der Waals surface area contributed by atoms with Gasteiger partial charge in [-0.15, -0.1) is 0 Å². The summed E-state index contributed by atoms with van der Waals surface area (Å²) in [7, 11) is 3.34. The fourth-order valence-electron chi connectivity index (χ4n) is 2.07. The van der Waals surface area contributed by atoms with Crippen molar-refractivity contribution in [2.45, 2.75) is 13.0 Å². The van der Waals surface area contributed by atoms with Gasteiger partial charge in [0, 0.05) is 15.7 Å². The highest BCUT2D eigenvalue weighted by Gasteiger charge is 2.13. The molecule has 0 aliphatic carbocycles. The summed E-state index contributed by atoms with van der Waals surface area (Å²) in [5.74, 6) is 1.67. The third-order valence-electron chi connectivity index (χ3n) is 3.15. The maximum absolute atomic E-state index is 5.43. The van der Waals surface area contributed by atoms with E-state index < -0.39 is 0 Å². The Morgan fingerprint density at radius 3 is 2.45 bits per heavy atom. The molecule has 2 aromatic carbocycles. The molecule has 0 radical (unpaired) electrons. The Kier molecular flexibility index (Phi) is 4.90. The smallest absolute Gasteiger partial charge is 0.124 e. The predicted molar refractivity (Wildman–Crippen MR) is 85.7 cm³/mol. The van der Waals surface area contributed by atoms with Crippen molar-refractivity contribution in [2.24, 2.45) is 0 Å². The standard InChI is InChI=1S/C16H18BrNO2/c1-11(18-15-7-5-4-6-14(15)17)13-10-12(19-2)8-9-16(13)20-3/h4-11,18H,1-3H3. The lowest BCUT2D eigenvalue weighted by Gasteiger charge is -2.20. The van der Waals surface area contributed by atoms with Gasteiger partial charge in [-0.05, 0) is 53.2 Å². The molecule has 1 unspecified atom stereocenters. The topological polar surface area (TPSA) is 30.5 Å². The molecule has 2 aromatic rings. The van der Waals surface area contributed by atoms with Crippen molar-refractivity contribution in [1.82, 2.24) is 0 Å². The van der Waals surface area contributed by atoms with Gasteiger partial charge in [-0.3, -0.25) is 0 Å². The van der Waals surface area contributed by atoms with Crippen molar-refractivity contribution in [1.29, 1.82) is 0 Å². The van der Waals surface area contributed by atoms with Gasteiger partial charge in [0.25, 0.3) is 0 Å². The summed E-state index contributed by atoms with van der Waals surface area (Å²) in [6.07, 6.45) is 0. The Morgan fingerprint density at radius 1 is 1.05 bits per heavy atom. The van der Waals surface area contributed by atoms with Crippen LogP contribution < -0.4 is 14.8 Å². The van der Waals surface area contributed by atoms with Gasteiger partial charge in [0.2, 0.25) is 0 Å². The molecule has 0 amide bonds. The summed E-state index contributed by atoms with van der Waals surface area (Å²) < 4.78 is 11.7. The van der Waals surface area contributed by atoms with Crippen LogP contribution in [-0.2, 0) is 0 Å². The highest BCUT2D eigenvalue weighted by molar-refractivity contribution is 9.10. The number of para-hydroxylation sites is 1. The van der Waals surface area contributed by atoms with Crippen LogP contribution >= 0.6 is 15.9 Å².